The standard InChI is InChI=1S/C16H17N5O3S/c1-10-6-13(21-24-10)20-16(23)9-25-8-15(22)17-7-14-18-11-4-2-3-5-12(11)19-14/h2-6H,7-9H2,1H3,(H,17,22)(H,18,19)(H,20,21,23). The number of fused-ring (bicyclic) bond motifs is 1. The Labute approximate surface area is 147 Å². The predicted octanol–water partition coefficient (Wildman–Crippen LogP) is 1.85. The first-order valence-electron chi connectivity index (χ1n) is 7.61. The van der Waals surface area contributed by atoms with Crippen molar-refractivity contribution in [2.45, 2.75) is 13.5 Å². The molecule has 0 saturated heterocycles. The summed E-state index contributed by atoms with van der Waals surface area (Å²) in [4.78, 5) is 31.1. The maximum Gasteiger partial charge on any atom is 0.235 e. The van der Waals surface area contributed by atoms with Gasteiger partial charge in [-0.2, -0.15) is 0 Å². The Morgan fingerprint density at radius 1 is 1.24 bits per heavy atom. The van der Waals surface area contributed by atoms with Gasteiger partial charge in [-0.1, -0.05) is 17.3 Å². The summed E-state index contributed by atoms with van der Waals surface area (Å²) in [6.07, 6.45) is 0. The monoisotopic (exact) mass is 359 g/mol. The van der Waals surface area contributed by atoms with Crippen LogP contribution >= 0.6 is 11.8 Å². The number of anilines is 1. The molecular formula is C16H17N5O3S. The molecule has 3 N–H and O–H groups in total. The number of H-pyrrole nitrogens is 1. The van der Waals surface area contributed by atoms with E-state index in [1.165, 1.54) is 11.8 Å². The molecule has 0 atom stereocenters. The van der Waals surface area contributed by atoms with E-state index in [4.69, 9.17) is 4.52 Å². The van der Waals surface area contributed by atoms with Gasteiger partial charge in [0.1, 0.15) is 11.6 Å². The highest BCUT2D eigenvalue weighted by Gasteiger charge is 2.09. The minimum atomic E-state index is -0.233. The van der Waals surface area contributed by atoms with Crippen molar-refractivity contribution in [1.29, 1.82) is 0 Å². The van der Waals surface area contributed by atoms with Crippen LogP contribution in [0.1, 0.15) is 11.6 Å². The number of hydrogen-bond acceptors (Lipinski definition) is 6. The van der Waals surface area contributed by atoms with E-state index in [2.05, 4.69) is 25.8 Å². The van der Waals surface area contributed by atoms with E-state index in [1.54, 1.807) is 13.0 Å². The molecule has 0 spiro atoms. The number of amides is 2. The fourth-order valence-electron chi connectivity index (χ4n) is 2.16. The number of benzene rings is 1. The quantitative estimate of drug-likeness (QED) is 0.593. The van der Waals surface area contributed by atoms with E-state index in [0.717, 1.165) is 11.0 Å². The summed E-state index contributed by atoms with van der Waals surface area (Å²) in [7, 11) is 0. The summed E-state index contributed by atoms with van der Waals surface area (Å²) >= 11 is 1.22. The molecule has 0 saturated carbocycles. The number of aromatic amines is 1. The zero-order chi connectivity index (χ0) is 17.6. The normalized spacial score (nSPS) is 10.8. The molecule has 0 bridgehead atoms. The third-order valence-corrected chi connectivity index (χ3v) is 4.19. The molecule has 3 rings (SSSR count). The molecule has 0 radical (unpaired) electrons. The van der Waals surface area contributed by atoms with E-state index < -0.39 is 0 Å². The van der Waals surface area contributed by atoms with Crippen molar-refractivity contribution < 1.29 is 14.1 Å². The lowest BCUT2D eigenvalue weighted by Gasteiger charge is -2.03. The third-order valence-electron chi connectivity index (χ3n) is 3.25. The molecule has 8 nitrogen and oxygen atoms in total. The second-order valence-electron chi connectivity index (χ2n) is 5.34. The SMILES string of the molecule is Cc1cc(NC(=O)CSCC(=O)NCc2nc3ccccc3[nH]2)no1. The summed E-state index contributed by atoms with van der Waals surface area (Å²) in [6, 6.07) is 9.29. The molecule has 130 valence electrons. The number of carbonyl (C=O) groups is 2. The number of aromatic nitrogens is 3. The van der Waals surface area contributed by atoms with Gasteiger partial charge in [0.15, 0.2) is 5.82 Å². The van der Waals surface area contributed by atoms with Crippen molar-refractivity contribution in [2.24, 2.45) is 0 Å². The average molecular weight is 359 g/mol. The van der Waals surface area contributed by atoms with Crippen LogP contribution in [0.3, 0.4) is 0 Å². The molecule has 1 aromatic carbocycles. The van der Waals surface area contributed by atoms with Gasteiger partial charge in [0, 0.05) is 6.07 Å². The van der Waals surface area contributed by atoms with Gasteiger partial charge < -0.3 is 20.1 Å². The fourth-order valence-corrected chi connectivity index (χ4v) is 2.81. The van der Waals surface area contributed by atoms with Gasteiger partial charge in [-0.05, 0) is 19.1 Å². The number of nitrogens with one attached hydrogen (secondary N) is 3. The van der Waals surface area contributed by atoms with Crippen LogP contribution in [0.25, 0.3) is 11.0 Å². The van der Waals surface area contributed by atoms with Crippen LogP contribution in [-0.4, -0.2) is 38.4 Å². The number of hydrogen-bond donors (Lipinski definition) is 3. The van der Waals surface area contributed by atoms with Crippen LogP contribution in [0.15, 0.2) is 34.9 Å². The number of imidazole rings is 1. The molecule has 0 aliphatic rings. The first kappa shape index (κ1) is 17.0. The number of nitrogens with zero attached hydrogens (tertiary/aromatic N) is 2. The predicted molar refractivity (Wildman–Crippen MR) is 95.1 cm³/mol. The highest BCUT2D eigenvalue weighted by atomic mass is 32.2. The molecule has 0 fully saturated rings. The maximum absolute atomic E-state index is 11.8. The van der Waals surface area contributed by atoms with Crippen LogP contribution in [0.5, 0.6) is 0 Å². The lowest BCUT2D eigenvalue weighted by molar-refractivity contribution is -0.118. The Morgan fingerprint density at radius 3 is 2.80 bits per heavy atom. The van der Waals surface area contributed by atoms with Gasteiger partial charge in [-0.3, -0.25) is 9.59 Å². The minimum Gasteiger partial charge on any atom is -0.360 e. The molecular weight excluding hydrogens is 342 g/mol. The summed E-state index contributed by atoms with van der Waals surface area (Å²) < 4.78 is 4.86. The van der Waals surface area contributed by atoms with Crippen LogP contribution in [-0.2, 0) is 16.1 Å². The lowest BCUT2D eigenvalue weighted by Crippen LogP contribution is -2.26. The Kier molecular flexibility index (Phi) is 5.34. The summed E-state index contributed by atoms with van der Waals surface area (Å²) in [6.45, 7) is 2.06. The van der Waals surface area contributed by atoms with Crippen LogP contribution in [0, 0.1) is 6.92 Å². The average Bonchev–Trinajstić information content (AvgIpc) is 3.18. The molecule has 3 aromatic rings. The van der Waals surface area contributed by atoms with Crippen molar-refractivity contribution in [3.8, 4) is 0 Å². The van der Waals surface area contributed by atoms with Gasteiger partial charge in [-0.25, -0.2) is 4.98 Å². The van der Waals surface area contributed by atoms with Crippen molar-refractivity contribution in [3.05, 3.63) is 41.9 Å². The van der Waals surface area contributed by atoms with E-state index in [9.17, 15) is 9.59 Å². The topological polar surface area (TPSA) is 113 Å². The van der Waals surface area contributed by atoms with Crippen molar-refractivity contribution in [3.63, 3.8) is 0 Å². The van der Waals surface area contributed by atoms with Crippen molar-refractivity contribution in [2.75, 3.05) is 16.8 Å². The number of aryl methyl sites for hydroxylation is 1. The number of thioether (sulfide) groups is 1. The van der Waals surface area contributed by atoms with Gasteiger partial charge >= 0.3 is 0 Å². The fraction of sp³-hybridized carbons (Fsp3) is 0.250. The number of carbonyl (C=O) groups excluding carboxylic acids is 2. The summed E-state index contributed by atoms with van der Waals surface area (Å²) in [5, 5.41) is 9.05. The number of rotatable bonds is 7. The Bertz CT molecular complexity index is 856. The van der Waals surface area contributed by atoms with Crippen LogP contribution in [0.2, 0.25) is 0 Å². The second-order valence-corrected chi connectivity index (χ2v) is 6.33. The Hall–Kier alpha value is -2.81. The van der Waals surface area contributed by atoms with E-state index >= 15 is 0 Å². The van der Waals surface area contributed by atoms with Crippen LogP contribution < -0.4 is 10.6 Å². The second kappa shape index (κ2) is 7.84. The van der Waals surface area contributed by atoms with Gasteiger partial charge in [-0.15, -0.1) is 11.8 Å². The molecule has 0 aliphatic carbocycles. The Balaban J connectivity index is 1.37. The maximum atomic E-state index is 11.8. The van der Waals surface area contributed by atoms with Gasteiger partial charge in [0.2, 0.25) is 11.8 Å². The van der Waals surface area contributed by atoms with E-state index in [1.807, 2.05) is 24.3 Å². The largest absolute Gasteiger partial charge is 0.360 e. The molecule has 0 unspecified atom stereocenters. The summed E-state index contributed by atoms with van der Waals surface area (Å²) in [5.74, 6) is 1.64. The van der Waals surface area contributed by atoms with Gasteiger partial charge in [0.25, 0.3) is 0 Å². The minimum absolute atomic E-state index is 0.157. The molecule has 2 aromatic heterocycles. The first-order chi connectivity index (χ1) is 12.1. The first-order valence-corrected chi connectivity index (χ1v) is 8.77. The van der Waals surface area contributed by atoms with Crippen LogP contribution in [0.4, 0.5) is 5.82 Å². The summed E-state index contributed by atoms with van der Waals surface area (Å²) in [5.41, 5.74) is 1.79. The van der Waals surface area contributed by atoms with E-state index in [-0.39, 0.29) is 23.3 Å². The lowest BCUT2D eigenvalue weighted by atomic mass is 10.3. The van der Waals surface area contributed by atoms with Crippen molar-refractivity contribution >= 4 is 40.4 Å². The van der Waals surface area contributed by atoms with Gasteiger partial charge in [0.05, 0.1) is 29.1 Å². The number of para-hydroxylation sites is 2. The zero-order valence-electron chi connectivity index (χ0n) is 13.5. The molecule has 2 amide bonds. The molecule has 9 heteroatoms. The molecule has 25 heavy (non-hydrogen) atoms. The molecule has 0 aliphatic heterocycles. The Morgan fingerprint density at radius 2 is 2.04 bits per heavy atom. The highest BCUT2D eigenvalue weighted by Crippen LogP contribution is 2.10. The zero-order valence-corrected chi connectivity index (χ0v) is 14.4. The van der Waals surface area contributed by atoms with E-state index in [0.29, 0.717) is 23.9 Å². The highest BCUT2D eigenvalue weighted by molar-refractivity contribution is 8.00. The third kappa shape index (κ3) is 4.83. The van der Waals surface area contributed by atoms with Crippen molar-refractivity contribution in [1.82, 2.24) is 20.4 Å². The molecule has 2 heterocycles. The smallest absolute Gasteiger partial charge is 0.235 e.